The number of rotatable bonds is 7. The molecule has 1 aromatic carbocycles. The van der Waals surface area contributed by atoms with Crippen molar-refractivity contribution < 1.29 is 21.9 Å². The number of anilines is 1. The Morgan fingerprint density at radius 2 is 1.91 bits per heavy atom. The van der Waals surface area contributed by atoms with Gasteiger partial charge in [-0.1, -0.05) is 13.8 Å². The summed E-state index contributed by atoms with van der Waals surface area (Å²) in [6.07, 6.45) is 2.44. The van der Waals surface area contributed by atoms with Gasteiger partial charge in [-0.2, -0.15) is 5.10 Å². The Hall–Kier alpha value is -3.05. The van der Waals surface area contributed by atoms with Crippen LogP contribution in [0.1, 0.15) is 39.2 Å². The van der Waals surface area contributed by atoms with Crippen LogP contribution in [-0.2, 0) is 15.6 Å². The minimum absolute atomic E-state index is 0.0233. The molecule has 0 radical (unpaired) electrons. The summed E-state index contributed by atoms with van der Waals surface area (Å²) in [5, 5.41) is 7.89. The fourth-order valence-electron chi connectivity index (χ4n) is 3.17. The average molecular weight is 466 g/mol. The van der Waals surface area contributed by atoms with Crippen LogP contribution in [0.4, 0.5) is 14.5 Å². The third kappa shape index (κ3) is 4.89. The zero-order valence-electron chi connectivity index (χ0n) is 18.1. The number of primary sulfonamides is 1. The molecule has 0 saturated carbocycles. The second-order valence-corrected chi connectivity index (χ2v) is 9.84. The number of nitrogens with two attached hydrogens (primary N) is 2. The number of nitrogen functional groups attached to an aromatic ring is 1. The van der Waals surface area contributed by atoms with Gasteiger partial charge in [0, 0.05) is 23.5 Å². The summed E-state index contributed by atoms with van der Waals surface area (Å²) in [5.41, 5.74) is 7.65. The van der Waals surface area contributed by atoms with E-state index in [0.29, 0.717) is 22.4 Å². The lowest BCUT2D eigenvalue weighted by Gasteiger charge is -2.25. The predicted molar refractivity (Wildman–Crippen MR) is 117 cm³/mol. The Morgan fingerprint density at radius 1 is 1.22 bits per heavy atom. The van der Waals surface area contributed by atoms with E-state index in [1.54, 1.807) is 26.0 Å². The summed E-state index contributed by atoms with van der Waals surface area (Å²) in [7, 11) is -4.30. The van der Waals surface area contributed by atoms with Gasteiger partial charge < -0.3 is 10.5 Å². The highest BCUT2D eigenvalue weighted by molar-refractivity contribution is 7.89. The van der Waals surface area contributed by atoms with Crippen molar-refractivity contribution in [2.75, 3.05) is 12.3 Å². The minimum atomic E-state index is -4.30. The van der Waals surface area contributed by atoms with Crippen molar-refractivity contribution in [1.82, 2.24) is 14.8 Å². The molecule has 3 aromatic rings. The number of benzene rings is 1. The van der Waals surface area contributed by atoms with E-state index >= 15 is 0 Å². The van der Waals surface area contributed by atoms with Crippen molar-refractivity contribution in [2.24, 2.45) is 5.14 Å². The molecule has 0 atom stereocenters. The average Bonchev–Trinajstić information content (AvgIpc) is 3.11. The standard InChI is InChI=1S/C21H25F2N5O3S/c1-12(2)15-8-14(22)9-16(19(15)24)13-5-6-26-18(7-13)31-11-21(3,4)28-10-17(23)20(27-28)32(25,29)30/h5-10,12H,11,24H2,1-4H3,(H2,25,29,30). The molecular weight excluding hydrogens is 440 g/mol. The summed E-state index contributed by atoms with van der Waals surface area (Å²) in [6.45, 7) is 7.19. The number of nitrogens with zero attached hydrogens (tertiary/aromatic N) is 3. The van der Waals surface area contributed by atoms with Crippen LogP contribution in [-0.4, -0.2) is 29.8 Å². The lowest BCUT2D eigenvalue weighted by molar-refractivity contribution is 0.164. The van der Waals surface area contributed by atoms with Crippen LogP contribution in [0.25, 0.3) is 11.1 Å². The molecule has 0 unspecified atom stereocenters. The van der Waals surface area contributed by atoms with E-state index in [4.69, 9.17) is 15.6 Å². The van der Waals surface area contributed by atoms with E-state index in [1.807, 2.05) is 13.8 Å². The highest BCUT2D eigenvalue weighted by atomic mass is 32.2. The van der Waals surface area contributed by atoms with E-state index < -0.39 is 32.2 Å². The van der Waals surface area contributed by atoms with Crippen molar-refractivity contribution in [1.29, 1.82) is 0 Å². The Labute approximate surface area is 185 Å². The zero-order valence-corrected chi connectivity index (χ0v) is 19.0. The molecule has 0 bridgehead atoms. The van der Waals surface area contributed by atoms with Gasteiger partial charge >= 0.3 is 0 Å². The number of hydrogen-bond donors (Lipinski definition) is 2. The van der Waals surface area contributed by atoms with Crippen LogP contribution >= 0.6 is 0 Å². The van der Waals surface area contributed by atoms with Crippen molar-refractivity contribution in [2.45, 2.75) is 44.2 Å². The van der Waals surface area contributed by atoms with Crippen LogP contribution in [0, 0.1) is 11.6 Å². The van der Waals surface area contributed by atoms with Gasteiger partial charge in [-0.05, 0) is 49.1 Å². The van der Waals surface area contributed by atoms with Gasteiger partial charge in [0.25, 0.3) is 10.0 Å². The van der Waals surface area contributed by atoms with Crippen LogP contribution in [0.3, 0.4) is 0 Å². The van der Waals surface area contributed by atoms with Crippen molar-refractivity contribution in [3.8, 4) is 17.0 Å². The van der Waals surface area contributed by atoms with E-state index in [-0.39, 0.29) is 18.4 Å². The molecule has 2 heterocycles. The van der Waals surface area contributed by atoms with Crippen LogP contribution in [0.15, 0.2) is 41.7 Å². The van der Waals surface area contributed by atoms with E-state index in [0.717, 1.165) is 10.9 Å². The second-order valence-electron chi connectivity index (χ2n) is 8.37. The topological polar surface area (TPSA) is 126 Å². The normalized spacial score (nSPS) is 12.4. The highest BCUT2D eigenvalue weighted by Gasteiger charge is 2.28. The first-order chi connectivity index (χ1) is 14.8. The van der Waals surface area contributed by atoms with Gasteiger partial charge in [0.15, 0.2) is 5.82 Å². The Bertz CT molecular complexity index is 1260. The molecule has 0 aliphatic carbocycles. The van der Waals surface area contributed by atoms with Gasteiger partial charge in [0.05, 0.1) is 11.7 Å². The molecule has 11 heteroatoms. The van der Waals surface area contributed by atoms with Gasteiger partial charge in [0.1, 0.15) is 12.4 Å². The highest BCUT2D eigenvalue weighted by Crippen LogP contribution is 2.34. The molecule has 0 aliphatic rings. The fourth-order valence-corrected chi connectivity index (χ4v) is 3.69. The molecule has 0 amide bonds. The zero-order chi connectivity index (χ0) is 23.8. The van der Waals surface area contributed by atoms with Crippen LogP contribution < -0.4 is 15.6 Å². The lowest BCUT2D eigenvalue weighted by atomic mass is 9.95. The molecule has 0 spiro atoms. The number of aromatic nitrogens is 3. The van der Waals surface area contributed by atoms with Crippen molar-refractivity contribution >= 4 is 15.7 Å². The van der Waals surface area contributed by atoms with E-state index in [2.05, 4.69) is 10.1 Å². The summed E-state index contributed by atoms with van der Waals surface area (Å²) in [4.78, 5) is 4.16. The summed E-state index contributed by atoms with van der Waals surface area (Å²) < 4.78 is 57.9. The third-order valence-electron chi connectivity index (χ3n) is 4.95. The quantitative estimate of drug-likeness (QED) is 0.515. The Morgan fingerprint density at radius 3 is 2.50 bits per heavy atom. The molecule has 4 N–H and O–H groups in total. The predicted octanol–water partition coefficient (Wildman–Crippen LogP) is 3.39. The molecule has 0 fully saturated rings. The number of sulfonamides is 1. The number of hydrogen-bond acceptors (Lipinski definition) is 6. The SMILES string of the molecule is CC(C)c1cc(F)cc(-c2ccnc(OCC(C)(C)n3cc(F)c(S(N)(=O)=O)n3)c2)c1N. The molecular formula is C21H25F2N5O3S. The smallest absolute Gasteiger partial charge is 0.260 e. The molecule has 172 valence electrons. The van der Waals surface area contributed by atoms with Crippen molar-refractivity contribution in [3.05, 3.63) is 53.9 Å². The Balaban J connectivity index is 1.86. The van der Waals surface area contributed by atoms with Crippen molar-refractivity contribution in [3.63, 3.8) is 0 Å². The number of halogens is 2. The summed E-state index contributed by atoms with van der Waals surface area (Å²) in [5.74, 6) is -1.18. The van der Waals surface area contributed by atoms with Gasteiger partial charge in [-0.3, -0.25) is 4.68 Å². The fraction of sp³-hybridized carbons (Fsp3) is 0.333. The first-order valence-corrected chi connectivity index (χ1v) is 11.3. The van der Waals surface area contributed by atoms with Crippen LogP contribution in [0.2, 0.25) is 0 Å². The lowest BCUT2D eigenvalue weighted by Crippen LogP contribution is -2.34. The van der Waals surface area contributed by atoms with E-state index in [9.17, 15) is 17.2 Å². The maximum atomic E-state index is 14.2. The third-order valence-corrected chi connectivity index (χ3v) is 5.76. The summed E-state index contributed by atoms with van der Waals surface area (Å²) in [6, 6.07) is 6.08. The van der Waals surface area contributed by atoms with Crippen LogP contribution in [0.5, 0.6) is 5.88 Å². The maximum absolute atomic E-state index is 14.2. The molecule has 0 aliphatic heterocycles. The largest absolute Gasteiger partial charge is 0.475 e. The molecule has 8 nitrogen and oxygen atoms in total. The maximum Gasteiger partial charge on any atom is 0.260 e. The minimum Gasteiger partial charge on any atom is -0.475 e. The van der Waals surface area contributed by atoms with Gasteiger partial charge in [0.2, 0.25) is 10.9 Å². The van der Waals surface area contributed by atoms with E-state index in [1.165, 1.54) is 18.3 Å². The van der Waals surface area contributed by atoms with Gasteiger partial charge in [-0.15, -0.1) is 0 Å². The number of pyridine rings is 1. The molecule has 32 heavy (non-hydrogen) atoms. The first-order valence-electron chi connectivity index (χ1n) is 9.76. The first kappa shape index (κ1) is 23.6. The monoisotopic (exact) mass is 465 g/mol. The molecule has 2 aromatic heterocycles. The molecule has 0 saturated heterocycles. The summed E-state index contributed by atoms with van der Waals surface area (Å²) >= 11 is 0. The molecule has 3 rings (SSSR count). The Kier molecular flexibility index (Phi) is 6.25. The second kappa shape index (κ2) is 8.47. The van der Waals surface area contributed by atoms with Gasteiger partial charge in [-0.25, -0.2) is 27.3 Å². The number of ether oxygens (including phenoxy) is 1.